The molecule has 2 heteroatoms. The van der Waals surface area contributed by atoms with Crippen molar-refractivity contribution < 1.29 is 4.58 Å². The van der Waals surface area contributed by atoms with Gasteiger partial charge in [0.15, 0.2) is 11.8 Å². The Morgan fingerprint density at radius 1 is 0.972 bits per heavy atom. The van der Waals surface area contributed by atoms with Crippen LogP contribution in [0.1, 0.15) is 71.3 Å². The molecular weight excluding hydrogens is 436 g/mol. The third kappa shape index (κ3) is 6.38. The molecule has 0 radical (unpaired) electrons. The smallest absolute Gasteiger partial charge is 0.199 e. The first-order valence-corrected chi connectivity index (χ1v) is 14.2. The number of hydrogen-bond donors (Lipinski definition) is 0. The van der Waals surface area contributed by atoms with Gasteiger partial charge in [-0.05, 0) is 62.1 Å². The highest BCUT2D eigenvalue weighted by Crippen LogP contribution is 2.32. The second-order valence-corrected chi connectivity index (χ2v) is 10.1. The lowest BCUT2D eigenvalue weighted by atomic mass is 9.86. The van der Waals surface area contributed by atoms with E-state index in [1.54, 1.807) is 0 Å². The molecule has 4 rings (SSSR count). The van der Waals surface area contributed by atoms with E-state index in [1.807, 2.05) is 12.2 Å². The summed E-state index contributed by atoms with van der Waals surface area (Å²) < 4.78 is 2.64. The van der Waals surface area contributed by atoms with Gasteiger partial charge in [0, 0.05) is 36.7 Å². The van der Waals surface area contributed by atoms with E-state index in [2.05, 4.69) is 109 Å². The Morgan fingerprint density at radius 2 is 1.81 bits per heavy atom. The average molecular weight is 480 g/mol. The van der Waals surface area contributed by atoms with Crippen LogP contribution in [0, 0.1) is 11.8 Å². The summed E-state index contributed by atoms with van der Waals surface area (Å²) >= 11 is 0. The van der Waals surface area contributed by atoms with Crippen LogP contribution < -0.4 is 4.90 Å². The molecule has 2 atom stereocenters. The largest absolute Gasteiger partial charge is 0.334 e. The minimum atomic E-state index is 0.638. The van der Waals surface area contributed by atoms with E-state index < -0.39 is 0 Å². The monoisotopic (exact) mass is 479 g/mol. The molecule has 1 aromatic rings. The summed E-state index contributed by atoms with van der Waals surface area (Å²) in [6.45, 7) is 8.79. The predicted octanol–water partition coefficient (Wildman–Crippen LogP) is 8.25. The molecule has 3 aliphatic rings. The van der Waals surface area contributed by atoms with Crippen LogP contribution in [0.25, 0.3) is 6.08 Å². The Hall–Kier alpha value is -3.05. The van der Waals surface area contributed by atoms with Crippen LogP contribution in [0.15, 0.2) is 90.0 Å². The van der Waals surface area contributed by atoms with Crippen molar-refractivity contribution in [3.8, 4) is 0 Å². The highest BCUT2D eigenvalue weighted by atomic mass is 15.1. The van der Waals surface area contributed by atoms with Gasteiger partial charge >= 0.3 is 0 Å². The predicted molar refractivity (Wildman–Crippen MR) is 156 cm³/mol. The minimum Gasteiger partial charge on any atom is -0.334 e. The second kappa shape index (κ2) is 13.3. The van der Waals surface area contributed by atoms with Crippen molar-refractivity contribution in [3.63, 3.8) is 0 Å². The van der Waals surface area contributed by atoms with Gasteiger partial charge in [0.25, 0.3) is 0 Å². The number of likely N-dealkylation sites (N-methyl/N-ethyl adjacent to an activating group) is 1. The molecule has 1 aliphatic carbocycles. The number of anilines is 1. The Labute approximate surface area is 219 Å². The molecular formula is C34H43N2+. The number of para-hydroxylation sites is 1. The quantitative estimate of drug-likeness (QED) is 0.196. The number of rotatable bonds is 9. The van der Waals surface area contributed by atoms with E-state index in [9.17, 15) is 0 Å². The summed E-state index contributed by atoms with van der Waals surface area (Å²) in [4.78, 5) is 2.28. The maximum Gasteiger partial charge on any atom is 0.199 e. The van der Waals surface area contributed by atoms with E-state index in [0.717, 1.165) is 24.7 Å². The zero-order valence-corrected chi connectivity index (χ0v) is 22.5. The van der Waals surface area contributed by atoms with Gasteiger partial charge in [-0.3, -0.25) is 0 Å². The van der Waals surface area contributed by atoms with Crippen LogP contribution in [-0.2, 0) is 0 Å². The van der Waals surface area contributed by atoms with Crippen LogP contribution in [0.2, 0.25) is 0 Å². The number of allylic oxidation sites excluding steroid dienone is 7. The molecule has 2 unspecified atom stereocenters. The zero-order chi connectivity index (χ0) is 25.2. The fraction of sp³-hybridized carbons (Fsp3) is 0.441. The highest BCUT2D eigenvalue weighted by Gasteiger charge is 2.32. The molecule has 1 aromatic carbocycles. The Bertz CT molecular complexity index is 1140. The lowest BCUT2D eigenvalue weighted by molar-refractivity contribution is -0.571. The SMILES string of the molecule is CCC1C=CC(C=CC=CC=C=C=C2C=Cc3ccccc3N2CC)=[N+](CC)C1CCC1CCCC1. The topological polar surface area (TPSA) is 6.25 Å². The Kier molecular flexibility index (Phi) is 9.62. The van der Waals surface area contributed by atoms with Crippen molar-refractivity contribution in [2.45, 2.75) is 71.8 Å². The molecule has 0 spiro atoms. The summed E-state index contributed by atoms with van der Waals surface area (Å²) in [5.74, 6) is 1.63. The van der Waals surface area contributed by atoms with Gasteiger partial charge in [-0.2, -0.15) is 0 Å². The highest BCUT2D eigenvalue weighted by molar-refractivity contribution is 6.00. The molecule has 188 valence electrons. The van der Waals surface area contributed by atoms with Crippen molar-refractivity contribution in [3.05, 3.63) is 95.6 Å². The number of fused-ring (bicyclic) bond motifs is 1. The molecule has 0 aromatic heterocycles. The summed E-state index contributed by atoms with van der Waals surface area (Å²) in [5, 5.41) is 0. The maximum atomic E-state index is 3.32. The first kappa shape index (κ1) is 26.0. The van der Waals surface area contributed by atoms with Gasteiger partial charge in [0.2, 0.25) is 0 Å². The molecule has 1 fully saturated rings. The van der Waals surface area contributed by atoms with Crippen LogP contribution in [0.4, 0.5) is 5.69 Å². The van der Waals surface area contributed by atoms with Gasteiger partial charge in [-0.1, -0.05) is 86.9 Å². The van der Waals surface area contributed by atoms with Crippen molar-refractivity contribution in [1.29, 1.82) is 0 Å². The summed E-state index contributed by atoms with van der Waals surface area (Å²) in [7, 11) is 0. The van der Waals surface area contributed by atoms with Crippen molar-refractivity contribution in [2.24, 2.45) is 11.8 Å². The Balaban J connectivity index is 1.43. The normalized spacial score (nSPS) is 22.0. The van der Waals surface area contributed by atoms with Crippen molar-refractivity contribution >= 4 is 17.5 Å². The van der Waals surface area contributed by atoms with Gasteiger partial charge in [-0.25, -0.2) is 4.58 Å². The number of benzene rings is 1. The summed E-state index contributed by atoms with van der Waals surface area (Å²) in [5.41, 5.74) is 11.4. The molecule has 0 N–H and O–H groups in total. The van der Waals surface area contributed by atoms with Crippen molar-refractivity contribution in [2.75, 3.05) is 18.0 Å². The lowest BCUT2D eigenvalue weighted by Crippen LogP contribution is -2.39. The first-order valence-electron chi connectivity index (χ1n) is 14.2. The van der Waals surface area contributed by atoms with Crippen molar-refractivity contribution in [1.82, 2.24) is 0 Å². The lowest BCUT2D eigenvalue weighted by Gasteiger charge is -2.27. The zero-order valence-electron chi connectivity index (χ0n) is 22.5. The van der Waals surface area contributed by atoms with Crippen LogP contribution in [0.3, 0.4) is 0 Å². The van der Waals surface area contributed by atoms with Crippen LogP contribution >= 0.6 is 0 Å². The molecule has 2 nitrogen and oxygen atoms in total. The van der Waals surface area contributed by atoms with E-state index in [1.165, 1.54) is 61.9 Å². The van der Waals surface area contributed by atoms with Crippen LogP contribution in [-0.4, -0.2) is 29.4 Å². The Morgan fingerprint density at radius 3 is 2.58 bits per heavy atom. The summed E-state index contributed by atoms with van der Waals surface area (Å²) in [6, 6.07) is 9.13. The van der Waals surface area contributed by atoms with E-state index in [0.29, 0.717) is 12.0 Å². The molecule has 2 heterocycles. The molecule has 0 saturated heterocycles. The van der Waals surface area contributed by atoms with Gasteiger partial charge < -0.3 is 4.90 Å². The fourth-order valence-corrected chi connectivity index (χ4v) is 6.07. The molecule has 36 heavy (non-hydrogen) atoms. The van der Waals surface area contributed by atoms with Gasteiger partial charge in [0.05, 0.1) is 5.70 Å². The van der Waals surface area contributed by atoms with E-state index >= 15 is 0 Å². The minimum absolute atomic E-state index is 0.638. The van der Waals surface area contributed by atoms with Gasteiger partial charge in [-0.15, -0.1) is 0 Å². The third-order valence-electron chi connectivity index (χ3n) is 8.02. The number of hydrogen-bond acceptors (Lipinski definition) is 1. The fourth-order valence-electron chi connectivity index (χ4n) is 6.07. The molecule has 2 aliphatic heterocycles. The standard InChI is InChI=1S/C34H43N2/c1-4-29-23-25-31(36(6-3)34(29)27-22-28-16-12-13-17-28)19-10-8-7-9-11-20-32-26-24-30-18-14-15-21-33(30)35(32)5-2/h7-10,14-15,18-19,21,23-26,28-29,34H,4-6,12-13,16-17,22,27H2,1-3H3/q+1. The summed E-state index contributed by atoms with van der Waals surface area (Å²) in [6.07, 6.45) is 29.3. The van der Waals surface area contributed by atoms with E-state index in [4.69, 9.17) is 0 Å². The second-order valence-electron chi connectivity index (χ2n) is 10.1. The van der Waals surface area contributed by atoms with Gasteiger partial charge in [0.1, 0.15) is 6.54 Å². The first-order chi connectivity index (χ1) is 17.7. The average Bonchev–Trinajstić information content (AvgIpc) is 3.44. The maximum absolute atomic E-state index is 3.32. The van der Waals surface area contributed by atoms with E-state index in [-0.39, 0.29) is 0 Å². The van der Waals surface area contributed by atoms with Crippen LogP contribution in [0.5, 0.6) is 0 Å². The number of nitrogens with zero attached hydrogens (tertiary/aromatic N) is 2. The third-order valence-corrected chi connectivity index (χ3v) is 8.02. The molecule has 0 amide bonds. The molecule has 1 saturated carbocycles. The molecule has 0 bridgehead atoms.